The van der Waals surface area contributed by atoms with Crippen LogP contribution in [-0.4, -0.2) is 21.2 Å². The molecule has 0 aliphatic carbocycles. The lowest BCUT2D eigenvalue weighted by molar-refractivity contribution is 0.0680. The second-order valence-corrected chi connectivity index (χ2v) is 3.47. The maximum absolute atomic E-state index is 10.6. The number of rotatable bonds is 4. The average Bonchev–Trinajstić information content (AvgIpc) is 2.78. The molecule has 0 aliphatic heterocycles. The molecule has 0 amide bonds. The highest BCUT2D eigenvalue weighted by atomic mass is 16.5. The van der Waals surface area contributed by atoms with E-state index >= 15 is 0 Å². The Bertz CT molecular complexity index is 536. The van der Waals surface area contributed by atoms with E-state index in [1.165, 1.54) is 0 Å². The predicted octanol–water partition coefficient (Wildman–Crippen LogP) is 0.817. The minimum absolute atomic E-state index is 0.267. The Labute approximate surface area is 97.1 Å². The number of hydrogen-bond acceptors (Lipinski definition) is 5. The first-order valence-electron chi connectivity index (χ1n) is 5.03. The summed E-state index contributed by atoms with van der Waals surface area (Å²) in [5, 5.41) is 12.0. The normalized spacial score (nSPS) is 10.4. The molecule has 0 saturated carbocycles. The summed E-state index contributed by atoms with van der Waals surface area (Å²) in [6.07, 6.45) is 0.383. The number of carbonyl (C=O) groups is 1. The fourth-order valence-corrected chi connectivity index (χ4v) is 1.51. The fourth-order valence-electron chi connectivity index (χ4n) is 1.51. The molecule has 3 N–H and O–H groups in total. The van der Waals surface area contributed by atoms with E-state index in [-0.39, 0.29) is 11.7 Å². The summed E-state index contributed by atoms with van der Waals surface area (Å²) in [5.41, 5.74) is 7.53. The summed E-state index contributed by atoms with van der Waals surface area (Å²) >= 11 is 0. The molecule has 0 atom stereocenters. The standard InChI is InChI=1S/C11H11N3O3/c12-6-8-4-2-1-3-7(8)5-9-13-10(11(15)16)14-17-9/h1-4H,5-6,12H2,(H,15,16). The highest BCUT2D eigenvalue weighted by molar-refractivity contribution is 5.82. The summed E-state index contributed by atoms with van der Waals surface area (Å²) in [6, 6.07) is 7.57. The van der Waals surface area contributed by atoms with Gasteiger partial charge in [0.05, 0.1) is 6.42 Å². The second-order valence-electron chi connectivity index (χ2n) is 3.47. The molecule has 2 aromatic rings. The van der Waals surface area contributed by atoms with Crippen LogP contribution in [0.2, 0.25) is 0 Å². The number of carboxylic acids is 1. The van der Waals surface area contributed by atoms with Gasteiger partial charge in [-0.15, -0.1) is 0 Å². The molecule has 0 bridgehead atoms. The second kappa shape index (κ2) is 4.75. The summed E-state index contributed by atoms with van der Waals surface area (Å²) in [4.78, 5) is 14.3. The molecular formula is C11H11N3O3. The van der Waals surface area contributed by atoms with E-state index in [1.807, 2.05) is 24.3 Å². The van der Waals surface area contributed by atoms with E-state index in [4.69, 9.17) is 15.4 Å². The third-order valence-electron chi connectivity index (χ3n) is 2.34. The number of nitrogens with two attached hydrogens (primary N) is 1. The lowest BCUT2D eigenvalue weighted by Gasteiger charge is -2.03. The van der Waals surface area contributed by atoms with Crippen molar-refractivity contribution in [3.8, 4) is 0 Å². The van der Waals surface area contributed by atoms with E-state index in [0.717, 1.165) is 11.1 Å². The molecule has 1 heterocycles. The van der Waals surface area contributed by atoms with Crippen LogP contribution >= 0.6 is 0 Å². The smallest absolute Gasteiger partial charge is 0.377 e. The zero-order chi connectivity index (χ0) is 12.3. The molecule has 6 heteroatoms. The van der Waals surface area contributed by atoms with Crippen LogP contribution in [0, 0.1) is 0 Å². The highest BCUT2D eigenvalue weighted by Crippen LogP contribution is 2.12. The topological polar surface area (TPSA) is 102 Å². The van der Waals surface area contributed by atoms with E-state index in [0.29, 0.717) is 13.0 Å². The zero-order valence-corrected chi connectivity index (χ0v) is 8.96. The largest absolute Gasteiger partial charge is 0.475 e. The Morgan fingerprint density at radius 1 is 1.35 bits per heavy atom. The Balaban J connectivity index is 2.22. The van der Waals surface area contributed by atoms with Crippen LogP contribution < -0.4 is 5.73 Å². The Morgan fingerprint density at radius 2 is 2.06 bits per heavy atom. The van der Waals surface area contributed by atoms with Gasteiger partial charge in [-0.25, -0.2) is 4.79 Å². The van der Waals surface area contributed by atoms with Gasteiger partial charge in [0.25, 0.3) is 5.82 Å². The predicted molar refractivity (Wildman–Crippen MR) is 58.4 cm³/mol. The van der Waals surface area contributed by atoms with Gasteiger partial charge in [-0.2, -0.15) is 4.98 Å². The number of hydrogen-bond donors (Lipinski definition) is 2. The van der Waals surface area contributed by atoms with Crippen molar-refractivity contribution in [1.29, 1.82) is 0 Å². The SMILES string of the molecule is NCc1ccccc1Cc1nc(C(=O)O)no1. The monoisotopic (exact) mass is 233 g/mol. The molecule has 0 spiro atoms. The van der Waals surface area contributed by atoms with Gasteiger partial charge in [0, 0.05) is 6.54 Å². The number of aromatic nitrogens is 2. The molecule has 1 aromatic carbocycles. The van der Waals surface area contributed by atoms with Crippen molar-refractivity contribution in [2.45, 2.75) is 13.0 Å². The van der Waals surface area contributed by atoms with Gasteiger partial charge in [-0.3, -0.25) is 0 Å². The quantitative estimate of drug-likeness (QED) is 0.810. The van der Waals surface area contributed by atoms with Crippen molar-refractivity contribution >= 4 is 5.97 Å². The van der Waals surface area contributed by atoms with Crippen LogP contribution in [0.25, 0.3) is 0 Å². The summed E-state index contributed by atoms with van der Waals surface area (Å²) in [7, 11) is 0. The van der Waals surface area contributed by atoms with E-state index in [2.05, 4.69) is 10.1 Å². The molecule has 0 unspecified atom stereocenters. The van der Waals surface area contributed by atoms with Crippen molar-refractivity contribution in [2.24, 2.45) is 5.73 Å². The van der Waals surface area contributed by atoms with Crippen molar-refractivity contribution in [3.05, 3.63) is 47.1 Å². The van der Waals surface area contributed by atoms with Crippen molar-refractivity contribution in [2.75, 3.05) is 0 Å². The van der Waals surface area contributed by atoms with Crippen LogP contribution in [0.1, 0.15) is 27.6 Å². The molecule has 88 valence electrons. The van der Waals surface area contributed by atoms with Crippen LogP contribution in [0.4, 0.5) is 0 Å². The lowest BCUT2D eigenvalue weighted by atomic mass is 10.0. The molecule has 17 heavy (non-hydrogen) atoms. The molecule has 1 aromatic heterocycles. The molecule has 6 nitrogen and oxygen atoms in total. The van der Waals surface area contributed by atoms with Gasteiger partial charge in [0.2, 0.25) is 5.89 Å². The molecule has 0 saturated heterocycles. The Kier molecular flexibility index (Phi) is 3.15. The number of nitrogens with zero attached hydrogens (tertiary/aromatic N) is 2. The van der Waals surface area contributed by atoms with Gasteiger partial charge in [-0.1, -0.05) is 24.3 Å². The molecular weight excluding hydrogens is 222 g/mol. The molecule has 0 aliphatic rings. The molecule has 0 radical (unpaired) electrons. The summed E-state index contributed by atoms with van der Waals surface area (Å²) in [5.74, 6) is -1.26. The first kappa shape index (κ1) is 11.3. The van der Waals surface area contributed by atoms with E-state index in [1.54, 1.807) is 0 Å². The number of aromatic carboxylic acids is 1. The van der Waals surface area contributed by atoms with Crippen molar-refractivity contribution < 1.29 is 14.4 Å². The molecule has 2 rings (SSSR count). The maximum Gasteiger partial charge on any atom is 0.377 e. The van der Waals surface area contributed by atoms with Crippen LogP contribution in [0.15, 0.2) is 28.8 Å². The summed E-state index contributed by atoms with van der Waals surface area (Å²) < 4.78 is 4.85. The van der Waals surface area contributed by atoms with E-state index in [9.17, 15) is 4.79 Å². The van der Waals surface area contributed by atoms with Gasteiger partial charge in [0.15, 0.2) is 0 Å². The first-order chi connectivity index (χ1) is 8.20. The van der Waals surface area contributed by atoms with Crippen molar-refractivity contribution in [1.82, 2.24) is 10.1 Å². The van der Waals surface area contributed by atoms with Gasteiger partial charge >= 0.3 is 5.97 Å². The maximum atomic E-state index is 10.6. The third kappa shape index (κ3) is 2.48. The number of benzene rings is 1. The minimum atomic E-state index is -1.20. The van der Waals surface area contributed by atoms with Crippen LogP contribution in [0.3, 0.4) is 0 Å². The average molecular weight is 233 g/mol. The van der Waals surface area contributed by atoms with Crippen LogP contribution in [0.5, 0.6) is 0 Å². The fraction of sp³-hybridized carbons (Fsp3) is 0.182. The zero-order valence-electron chi connectivity index (χ0n) is 8.96. The van der Waals surface area contributed by atoms with Gasteiger partial charge < -0.3 is 15.4 Å². The van der Waals surface area contributed by atoms with E-state index < -0.39 is 5.97 Å². The summed E-state index contributed by atoms with van der Waals surface area (Å²) in [6.45, 7) is 0.413. The van der Waals surface area contributed by atoms with Gasteiger partial charge in [-0.05, 0) is 16.3 Å². The highest BCUT2D eigenvalue weighted by Gasteiger charge is 2.13. The van der Waals surface area contributed by atoms with Crippen LogP contribution in [-0.2, 0) is 13.0 Å². The Hall–Kier alpha value is -2.21. The number of carboxylic acid groups (broad SMARTS) is 1. The van der Waals surface area contributed by atoms with Crippen molar-refractivity contribution in [3.63, 3.8) is 0 Å². The molecule has 0 fully saturated rings. The minimum Gasteiger partial charge on any atom is -0.475 e. The first-order valence-corrected chi connectivity index (χ1v) is 5.03. The van der Waals surface area contributed by atoms with Gasteiger partial charge in [0.1, 0.15) is 0 Å². The lowest BCUT2D eigenvalue weighted by Crippen LogP contribution is -2.02. The third-order valence-corrected chi connectivity index (χ3v) is 2.34. The Morgan fingerprint density at radius 3 is 2.65 bits per heavy atom.